The molecule has 0 aliphatic carbocycles. The molecule has 0 bridgehead atoms. The van der Waals surface area contributed by atoms with E-state index in [4.69, 9.17) is 0 Å². The van der Waals surface area contributed by atoms with Crippen molar-refractivity contribution in [2.45, 2.75) is 43.4 Å². The fourth-order valence-corrected chi connectivity index (χ4v) is 7.63. The largest absolute Gasteiger partial charge is 0.480 e. The number of nitrogens with zero attached hydrogens (tertiary/aromatic N) is 1. The molecule has 0 aromatic carbocycles. The highest BCUT2D eigenvalue weighted by atomic mass is 32.3. The van der Waals surface area contributed by atoms with E-state index in [1.54, 1.807) is 13.8 Å². The van der Waals surface area contributed by atoms with E-state index < -0.39 is 43.3 Å². The molecule has 0 aromatic heterocycles. The first kappa shape index (κ1) is 18.5. The molecule has 3 atom stereocenters. The minimum atomic E-state index is -2.51. The van der Waals surface area contributed by atoms with Crippen LogP contribution in [0.3, 0.4) is 0 Å². The van der Waals surface area contributed by atoms with Crippen LogP contribution in [0, 0.1) is 0 Å². The lowest BCUT2D eigenvalue weighted by Gasteiger charge is -2.48. The maximum absolute atomic E-state index is 12.8. The van der Waals surface area contributed by atoms with Crippen molar-refractivity contribution >= 4 is 33.1 Å². The number of hydrogen-bond donors (Lipinski definition) is 4. The average Bonchev–Trinajstić information content (AvgIpc) is 2.64. The fourth-order valence-electron chi connectivity index (χ4n) is 3.55. The van der Waals surface area contributed by atoms with E-state index in [1.165, 1.54) is 11.8 Å². The summed E-state index contributed by atoms with van der Waals surface area (Å²) >= 11 is 0. The van der Waals surface area contributed by atoms with Crippen LogP contribution >= 0.6 is 10.0 Å². The Morgan fingerprint density at radius 2 is 1.88 bits per heavy atom. The van der Waals surface area contributed by atoms with Crippen molar-refractivity contribution in [1.29, 1.82) is 0 Å². The number of aliphatic hydroxyl groups is 1. The maximum Gasteiger partial charge on any atom is 0.327 e. The molecule has 2 rings (SSSR count). The summed E-state index contributed by atoms with van der Waals surface area (Å²) in [5.41, 5.74) is 0. The number of carbonyl (C=O) groups excluding carboxylic acids is 3. The van der Waals surface area contributed by atoms with Crippen molar-refractivity contribution in [1.82, 2.24) is 15.5 Å². The molecule has 2 aliphatic rings. The number of hydrogen-bond acceptors (Lipinski definition) is 5. The minimum absolute atomic E-state index is 0.0716. The quantitative estimate of drug-likeness (QED) is 0.381. The predicted octanol–water partition coefficient (Wildman–Crippen LogP) is -0.610. The Kier molecular flexibility index (Phi) is 4.82. The molecule has 0 spiro atoms. The number of aliphatic carboxylic acids is 1. The van der Waals surface area contributed by atoms with Crippen LogP contribution in [0.15, 0.2) is 0 Å². The predicted molar refractivity (Wildman–Crippen MR) is 87.5 cm³/mol. The van der Waals surface area contributed by atoms with Gasteiger partial charge in [-0.2, -0.15) is 0 Å². The lowest BCUT2D eigenvalue weighted by molar-refractivity contribution is -0.157. The molecule has 3 amide bonds. The summed E-state index contributed by atoms with van der Waals surface area (Å²) < 4.78 is -1.07. The van der Waals surface area contributed by atoms with Crippen molar-refractivity contribution in [3.05, 3.63) is 0 Å². The Morgan fingerprint density at radius 3 is 2.29 bits per heavy atom. The number of fused-ring (bicyclic) bond motifs is 1. The van der Waals surface area contributed by atoms with E-state index in [0.29, 0.717) is 0 Å². The molecule has 4 N–H and O–H groups in total. The number of nitrogens with one attached hydrogen (secondary N) is 2. The summed E-state index contributed by atoms with van der Waals surface area (Å²) in [7, 11) is -2.51. The monoisotopic (exact) mass is 361 g/mol. The van der Waals surface area contributed by atoms with Crippen molar-refractivity contribution in [3.8, 4) is 0 Å². The van der Waals surface area contributed by atoms with E-state index in [-0.39, 0.29) is 31.3 Å². The van der Waals surface area contributed by atoms with Gasteiger partial charge in [0.15, 0.2) is 0 Å². The van der Waals surface area contributed by atoms with Gasteiger partial charge in [0.1, 0.15) is 6.04 Å². The summed E-state index contributed by atoms with van der Waals surface area (Å²) in [6, 6.07) is -1.13. The second kappa shape index (κ2) is 6.25. The first-order valence-corrected chi connectivity index (χ1v) is 9.44. The zero-order valence-electron chi connectivity index (χ0n) is 13.9. The topological polar surface area (TPSA) is 136 Å². The zero-order valence-corrected chi connectivity index (χ0v) is 14.7. The number of aliphatic hydroxyl groups excluding tert-OH is 1. The van der Waals surface area contributed by atoms with Crippen LogP contribution < -0.4 is 10.6 Å². The van der Waals surface area contributed by atoms with Crippen LogP contribution in [0.1, 0.15) is 27.2 Å². The van der Waals surface area contributed by atoms with Crippen LogP contribution in [0.4, 0.5) is 4.79 Å². The molecule has 136 valence electrons. The zero-order chi connectivity index (χ0) is 18.3. The van der Waals surface area contributed by atoms with Gasteiger partial charge in [-0.25, -0.2) is 4.79 Å². The smallest absolute Gasteiger partial charge is 0.327 e. The molecule has 2 saturated heterocycles. The summed E-state index contributed by atoms with van der Waals surface area (Å²) in [6.07, 6.45) is 0.0716. The van der Waals surface area contributed by atoms with Gasteiger partial charge in [0.05, 0.1) is 17.7 Å². The minimum Gasteiger partial charge on any atom is -0.480 e. The number of carboxylic acid groups (broad SMARTS) is 1. The van der Waals surface area contributed by atoms with Gasteiger partial charge in [0.25, 0.3) is 5.24 Å². The third kappa shape index (κ3) is 2.44. The van der Waals surface area contributed by atoms with Crippen molar-refractivity contribution in [2.75, 3.05) is 19.0 Å². The third-order valence-corrected chi connectivity index (χ3v) is 9.46. The molecule has 0 aromatic rings. The standard InChI is InChI=1S/C14H23N3O6S/c1-8(19)15-4-5-16-13(23)24(7-18)10-6-9(20)17(10)11(12(21)22)14(24,2)3/h10-11,18H,4-7H2,1-3H3,(H,15,19)(H,16,23)(H,21,22)/t10-,11+/m1/s1. The average molecular weight is 361 g/mol. The Bertz CT molecular complexity index is 595. The molecular weight excluding hydrogens is 338 g/mol. The van der Waals surface area contributed by atoms with Crippen molar-refractivity contribution < 1.29 is 29.4 Å². The first-order valence-electron chi connectivity index (χ1n) is 7.58. The fraction of sp³-hybridized carbons (Fsp3) is 0.714. The highest BCUT2D eigenvalue weighted by molar-refractivity contribution is 8.46. The molecule has 2 heterocycles. The van der Waals surface area contributed by atoms with E-state index >= 15 is 0 Å². The first-order chi connectivity index (χ1) is 11.1. The lowest BCUT2D eigenvalue weighted by Crippen LogP contribution is -2.57. The number of β-lactam (4-membered cyclic amide) rings is 1. The highest BCUT2D eigenvalue weighted by Gasteiger charge is 2.71. The van der Waals surface area contributed by atoms with E-state index in [0.717, 1.165) is 0 Å². The highest BCUT2D eigenvalue weighted by Crippen LogP contribution is 2.73. The van der Waals surface area contributed by atoms with Crippen LogP contribution in [-0.2, 0) is 14.4 Å². The SMILES string of the molecule is CC(=O)NCCNC(=O)S1(CO)[C@@H]2CC(=O)N2[C@@H](C(=O)O)C1(C)C. The van der Waals surface area contributed by atoms with Gasteiger partial charge < -0.3 is 25.7 Å². The Morgan fingerprint density at radius 1 is 1.29 bits per heavy atom. The maximum atomic E-state index is 12.8. The molecule has 0 radical (unpaired) electrons. The molecule has 9 nitrogen and oxygen atoms in total. The van der Waals surface area contributed by atoms with E-state index in [1.807, 2.05) is 0 Å². The summed E-state index contributed by atoms with van der Waals surface area (Å²) in [5.74, 6) is -2.19. The summed E-state index contributed by atoms with van der Waals surface area (Å²) in [5, 5.41) is 23.8. The normalized spacial score (nSPS) is 33.0. The van der Waals surface area contributed by atoms with Gasteiger partial charge >= 0.3 is 5.97 Å². The molecule has 24 heavy (non-hydrogen) atoms. The Balaban J connectivity index is 2.26. The third-order valence-electron chi connectivity index (χ3n) is 4.82. The van der Waals surface area contributed by atoms with E-state index in [9.17, 15) is 29.4 Å². The van der Waals surface area contributed by atoms with Gasteiger partial charge in [0, 0.05) is 24.8 Å². The number of rotatable bonds is 5. The molecule has 10 heteroatoms. The Hall–Kier alpha value is -1.81. The molecule has 2 fully saturated rings. The number of carboxylic acids is 1. The van der Waals surface area contributed by atoms with Crippen LogP contribution in [-0.4, -0.2) is 73.3 Å². The summed E-state index contributed by atoms with van der Waals surface area (Å²) in [4.78, 5) is 48.5. The van der Waals surface area contributed by atoms with Gasteiger partial charge in [-0.1, -0.05) is 0 Å². The van der Waals surface area contributed by atoms with E-state index in [2.05, 4.69) is 10.6 Å². The van der Waals surface area contributed by atoms with Crippen LogP contribution in [0.5, 0.6) is 0 Å². The molecule has 2 aliphatic heterocycles. The van der Waals surface area contributed by atoms with Gasteiger partial charge in [-0.05, 0) is 13.8 Å². The van der Waals surface area contributed by atoms with Crippen molar-refractivity contribution in [2.24, 2.45) is 0 Å². The van der Waals surface area contributed by atoms with Gasteiger partial charge in [-0.3, -0.25) is 14.4 Å². The van der Waals surface area contributed by atoms with Crippen LogP contribution in [0.25, 0.3) is 0 Å². The molecular formula is C14H23N3O6S. The van der Waals surface area contributed by atoms with Gasteiger partial charge in [0.2, 0.25) is 11.8 Å². The molecule has 0 saturated carbocycles. The second-order valence-electron chi connectivity index (χ2n) is 6.42. The Labute approximate surface area is 141 Å². The number of amides is 3. The van der Waals surface area contributed by atoms with Gasteiger partial charge in [-0.15, -0.1) is 10.0 Å². The number of carbonyl (C=O) groups is 4. The molecule has 1 unspecified atom stereocenters. The van der Waals surface area contributed by atoms with Crippen LogP contribution in [0.2, 0.25) is 0 Å². The summed E-state index contributed by atoms with van der Waals surface area (Å²) in [6.45, 7) is 5.00. The second-order valence-corrected chi connectivity index (χ2v) is 10.2. The van der Waals surface area contributed by atoms with Crippen molar-refractivity contribution in [3.63, 3.8) is 0 Å². The lowest BCUT2D eigenvalue weighted by atomic mass is 9.98.